The van der Waals surface area contributed by atoms with Crippen molar-refractivity contribution in [3.05, 3.63) is 105 Å². The van der Waals surface area contributed by atoms with E-state index in [2.05, 4.69) is 133 Å². The average molecular weight is 761 g/mol. The highest BCUT2D eigenvalue weighted by Crippen LogP contribution is 2.44. The maximum atomic E-state index is 13.2. The van der Waals surface area contributed by atoms with E-state index in [0.29, 0.717) is 11.1 Å². The number of benzene rings is 5. The monoisotopic (exact) mass is 760 g/mol. The van der Waals surface area contributed by atoms with E-state index in [-0.39, 0.29) is 29.7 Å². The van der Waals surface area contributed by atoms with Crippen LogP contribution in [0.1, 0.15) is 79.2 Å². The van der Waals surface area contributed by atoms with Crippen molar-refractivity contribution in [2.24, 2.45) is 0 Å². The summed E-state index contributed by atoms with van der Waals surface area (Å²) in [6, 6.07) is 23.2. The minimum absolute atomic E-state index is 0.133. The van der Waals surface area contributed by atoms with Gasteiger partial charge in [-0.05, 0) is 77.9 Å². The highest BCUT2D eigenvalue weighted by atomic mass is 28.4. The Bertz CT molecular complexity index is 2460. The van der Waals surface area contributed by atoms with Gasteiger partial charge in [0.05, 0.1) is 12.7 Å². The first-order valence-corrected chi connectivity index (χ1v) is 23.8. The molecule has 8 nitrogen and oxygen atoms in total. The van der Waals surface area contributed by atoms with Crippen LogP contribution in [0, 0.1) is 11.8 Å². The fourth-order valence-corrected chi connectivity index (χ4v) is 19.0. The second-order valence-corrected chi connectivity index (χ2v) is 26.0. The van der Waals surface area contributed by atoms with Gasteiger partial charge in [-0.1, -0.05) is 128 Å². The molecule has 5 aromatic carbocycles. The van der Waals surface area contributed by atoms with Gasteiger partial charge in [0.1, 0.15) is 17.9 Å². The second kappa shape index (κ2) is 14.5. The predicted octanol–water partition coefficient (Wildman–Crippen LogP) is 9.33. The van der Waals surface area contributed by atoms with Crippen LogP contribution in [0.25, 0.3) is 43.1 Å². The number of hydrogen-bond acceptors (Lipinski definition) is 6. The molecule has 0 saturated carbocycles. The van der Waals surface area contributed by atoms with Gasteiger partial charge in [-0.3, -0.25) is 14.3 Å². The number of rotatable bonds is 10. The fourth-order valence-electron chi connectivity index (χ4n) is 8.44. The Morgan fingerprint density at radius 2 is 1.33 bits per heavy atom. The smallest absolute Gasteiger partial charge is 0.333 e. The van der Waals surface area contributed by atoms with Crippen molar-refractivity contribution < 1.29 is 18.4 Å². The summed E-state index contributed by atoms with van der Waals surface area (Å²) in [7, 11) is -4.98. The topological polar surface area (TPSA) is 103 Å². The summed E-state index contributed by atoms with van der Waals surface area (Å²) in [5.74, 6) is 6.30. The molecular formula is C44H52N2O6Si2. The molecule has 0 spiro atoms. The first kappa shape index (κ1) is 38.2. The van der Waals surface area contributed by atoms with E-state index in [4.69, 9.17) is 13.3 Å². The molecule has 0 bridgehead atoms. The molecule has 54 heavy (non-hydrogen) atoms. The summed E-state index contributed by atoms with van der Waals surface area (Å²) in [5.41, 5.74) is 0.876. The molecule has 0 unspecified atom stereocenters. The first-order valence-electron chi connectivity index (χ1n) is 19.3. The number of hydrogen-bond donors (Lipinski definition) is 2. The van der Waals surface area contributed by atoms with Gasteiger partial charge >= 0.3 is 14.3 Å². The largest absolute Gasteiger partial charge is 0.435 e. The maximum Gasteiger partial charge on any atom is 0.333 e. The lowest BCUT2D eigenvalue weighted by Gasteiger charge is -2.48. The Morgan fingerprint density at radius 3 is 1.94 bits per heavy atom. The van der Waals surface area contributed by atoms with Gasteiger partial charge in [-0.25, -0.2) is 4.79 Å². The second-order valence-electron chi connectivity index (χ2n) is 16.4. The molecule has 2 N–H and O–H groups in total. The predicted molar refractivity (Wildman–Crippen MR) is 224 cm³/mol. The van der Waals surface area contributed by atoms with Crippen LogP contribution in [-0.2, 0) is 13.3 Å². The van der Waals surface area contributed by atoms with Crippen LogP contribution in [0.15, 0.2) is 82.5 Å². The molecule has 1 aromatic heterocycles. The van der Waals surface area contributed by atoms with Crippen LogP contribution in [0.5, 0.6) is 0 Å². The van der Waals surface area contributed by atoms with E-state index in [0.717, 1.165) is 27.1 Å². The third-order valence-corrected chi connectivity index (χ3v) is 23.6. The Kier molecular flexibility index (Phi) is 10.3. The van der Waals surface area contributed by atoms with Crippen LogP contribution >= 0.6 is 0 Å². The lowest BCUT2D eigenvalue weighted by atomic mass is 9.88. The van der Waals surface area contributed by atoms with Gasteiger partial charge in [0.25, 0.3) is 5.56 Å². The number of aromatic nitrogens is 2. The number of ether oxygens (including phenoxy) is 1. The molecule has 1 aliphatic rings. The van der Waals surface area contributed by atoms with Crippen molar-refractivity contribution in [2.45, 2.75) is 109 Å². The summed E-state index contributed by atoms with van der Waals surface area (Å²) in [4.78, 5) is 28.7. The quantitative estimate of drug-likeness (QED) is 0.0625. The molecule has 1 fully saturated rings. The third-order valence-electron chi connectivity index (χ3n) is 12.1. The molecular weight excluding hydrogens is 709 g/mol. The van der Waals surface area contributed by atoms with E-state index >= 15 is 0 Å². The molecule has 1 aliphatic heterocycles. The number of aromatic amines is 1. The number of aliphatic hydroxyl groups is 1. The van der Waals surface area contributed by atoms with Crippen molar-refractivity contribution in [3.8, 4) is 11.8 Å². The number of fused-ring (bicyclic) bond motifs is 2. The summed E-state index contributed by atoms with van der Waals surface area (Å²) in [6.45, 7) is 20.1. The number of nitrogens with zero attached hydrogens (tertiary/aromatic N) is 1. The summed E-state index contributed by atoms with van der Waals surface area (Å²) in [6.07, 6.45) is -0.733. The average Bonchev–Trinajstić information content (AvgIpc) is 3.51. The highest BCUT2D eigenvalue weighted by molar-refractivity contribution is 6.86. The van der Waals surface area contributed by atoms with Crippen molar-refractivity contribution in [1.29, 1.82) is 0 Å². The number of nitrogens with one attached hydrogen (secondary N) is 1. The van der Waals surface area contributed by atoms with Gasteiger partial charge in [-0.15, -0.1) is 0 Å². The molecule has 3 atom stereocenters. The summed E-state index contributed by atoms with van der Waals surface area (Å²) in [5, 5.41) is 20.5. The number of aliphatic hydroxyl groups excluding tert-OH is 1. The van der Waals surface area contributed by atoms with E-state index in [1.807, 2.05) is 12.1 Å². The number of H-pyrrole nitrogens is 1. The van der Waals surface area contributed by atoms with Crippen LogP contribution < -0.4 is 11.2 Å². The Hall–Kier alpha value is -4.09. The van der Waals surface area contributed by atoms with Gasteiger partial charge in [-0.2, -0.15) is 0 Å². The first-order chi connectivity index (χ1) is 25.7. The van der Waals surface area contributed by atoms with Crippen molar-refractivity contribution in [3.63, 3.8) is 0 Å². The van der Waals surface area contributed by atoms with Gasteiger partial charge < -0.3 is 18.4 Å². The van der Waals surface area contributed by atoms with Crippen molar-refractivity contribution in [1.82, 2.24) is 9.55 Å². The Labute approximate surface area is 319 Å². The molecule has 0 aliphatic carbocycles. The van der Waals surface area contributed by atoms with Gasteiger partial charge in [0, 0.05) is 18.2 Å². The molecule has 1 saturated heterocycles. The van der Waals surface area contributed by atoms with Crippen LogP contribution in [0.4, 0.5) is 0 Å². The molecule has 0 radical (unpaired) electrons. The molecule has 10 heteroatoms. The Balaban J connectivity index is 1.18. The Morgan fingerprint density at radius 1 is 0.778 bits per heavy atom. The minimum Gasteiger partial charge on any atom is -0.435 e. The van der Waals surface area contributed by atoms with Crippen molar-refractivity contribution >= 4 is 60.0 Å². The van der Waals surface area contributed by atoms with Crippen LogP contribution in [0.2, 0.25) is 28.7 Å². The summed E-state index contributed by atoms with van der Waals surface area (Å²) < 4.78 is 21.8. The van der Waals surface area contributed by atoms with E-state index < -0.39 is 46.6 Å². The van der Waals surface area contributed by atoms with E-state index in [1.165, 1.54) is 32.3 Å². The zero-order valence-corrected chi connectivity index (χ0v) is 34.8. The van der Waals surface area contributed by atoms with Gasteiger partial charge in [0.2, 0.25) is 0 Å². The summed E-state index contributed by atoms with van der Waals surface area (Å²) >= 11 is 0. The van der Waals surface area contributed by atoms with E-state index in [9.17, 15) is 14.7 Å². The van der Waals surface area contributed by atoms with Crippen molar-refractivity contribution in [2.75, 3.05) is 6.61 Å². The van der Waals surface area contributed by atoms with E-state index in [1.54, 1.807) is 0 Å². The fraction of sp³-hybridized carbons (Fsp3) is 0.409. The molecule has 7 rings (SSSR count). The lowest BCUT2D eigenvalue weighted by Crippen LogP contribution is -2.59. The zero-order chi connectivity index (χ0) is 38.7. The van der Waals surface area contributed by atoms with Crippen LogP contribution in [-0.4, -0.2) is 50.4 Å². The maximum absolute atomic E-state index is 13.2. The molecule has 6 aromatic rings. The minimum atomic E-state index is -2.80. The highest BCUT2D eigenvalue weighted by Gasteiger charge is 2.53. The zero-order valence-electron chi connectivity index (χ0n) is 32.8. The van der Waals surface area contributed by atoms with Gasteiger partial charge in [0.15, 0.2) is 8.32 Å². The molecule has 2 heterocycles. The SMILES string of the molecule is CC(C)[Si](C)(O[Si](OC[C@H]1O[C@@H](n2cc(C#Cc3ccc4c5cccc6cccc(c7cccc3c74)c65)c(=O)[nH]c2=O)C[C@@H]1O)(C(C)C)C(C)C)C(C)C. The van der Waals surface area contributed by atoms with Crippen LogP contribution in [0.3, 0.4) is 0 Å². The standard InChI is InChI=1S/C44H52N2O6Si2/c1-26(2)53(9,27(3)4)52-54(28(5)6,29(7)8)50-25-39-38(47)23-40(51-39)46-24-32(43(48)45-44(46)49)20-19-30-21-22-37-35-17-11-14-31-13-10-16-34(41(31)35)36-18-12-15-33(30)42(36)37/h10-18,21-22,24,26-29,38-40,47H,23,25H2,1-9H3,(H,45,48,49)/t38-,39+,40+/m0/s1. The molecule has 282 valence electrons. The lowest BCUT2D eigenvalue weighted by molar-refractivity contribution is -0.0467. The molecule has 0 amide bonds. The third kappa shape index (κ3) is 6.45. The normalized spacial score (nSPS) is 18.4.